The molecule has 1 aliphatic rings. The molecule has 0 radical (unpaired) electrons. The normalized spacial score (nSPS) is 22.3. The van der Waals surface area contributed by atoms with E-state index in [1.54, 1.807) is 0 Å². The van der Waals surface area contributed by atoms with Crippen LogP contribution in [0.15, 0.2) is 0 Å². The fourth-order valence-corrected chi connectivity index (χ4v) is 1.94. The van der Waals surface area contributed by atoms with E-state index in [0.29, 0.717) is 0 Å². The van der Waals surface area contributed by atoms with Crippen LogP contribution in [0.2, 0.25) is 0 Å². The molecule has 0 N–H and O–H groups in total. The largest absolute Gasteiger partial charge is 0.460 e. The summed E-state index contributed by atoms with van der Waals surface area (Å²) >= 11 is 0. The van der Waals surface area contributed by atoms with Gasteiger partial charge in [0.15, 0.2) is 0 Å². The zero-order valence-corrected chi connectivity index (χ0v) is 14.6. The van der Waals surface area contributed by atoms with Gasteiger partial charge in [-0.05, 0) is 0 Å². The lowest BCUT2D eigenvalue weighted by Crippen LogP contribution is -2.66. The second kappa shape index (κ2) is 9.01. The topological polar surface area (TPSA) is 36.9 Å². The van der Waals surface area contributed by atoms with Gasteiger partial charge in [-0.2, -0.15) is 61.5 Å². The summed E-state index contributed by atoms with van der Waals surface area (Å²) in [7, 11) is 0. The summed E-state index contributed by atoms with van der Waals surface area (Å²) in [5.41, 5.74) is 0. The zero-order valence-electron chi connectivity index (χ0n) is 14.6. The molecular formula is C13H12F14O4. The van der Waals surface area contributed by atoms with Crippen molar-refractivity contribution in [3.05, 3.63) is 0 Å². The molecule has 2 unspecified atom stereocenters. The molecule has 0 spiro atoms. The van der Waals surface area contributed by atoms with E-state index < -0.39 is 81.5 Å². The van der Waals surface area contributed by atoms with E-state index in [1.807, 2.05) is 0 Å². The maximum atomic E-state index is 13.4. The van der Waals surface area contributed by atoms with E-state index in [4.69, 9.17) is 0 Å². The quantitative estimate of drug-likeness (QED) is 0.321. The minimum absolute atomic E-state index is 0.523. The highest BCUT2D eigenvalue weighted by molar-refractivity contribution is 5.06. The maximum Gasteiger partial charge on any atom is 0.460 e. The molecule has 186 valence electrons. The summed E-state index contributed by atoms with van der Waals surface area (Å²) in [5, 5.41) is 0. The molecular weight excluding hydrogens is 486 g/mol. The first-order chi connectivity index (χ1) is 13.7. The second-order valence-corrected chi connectivity index (χ2v) is 6.06. The van der Waals surface area contributed by atoms with Crippen molar-refractivity contribution >= 4 is 0 Å². The van der Waals surface area contributed by atoms with Crippen molar-refractivity contribution in [3.63, 3.8) is 0 Å². The van der Waals surface area contributed by atoms with Gasteiger partial charge in [-0.3, -0.25) is 0 Å². The van der Waals surface area contributed by atoms with Crippen LogP contribution in [0.25, 0.3) is 0 Å². The molecule has 1 heterocycles. The standard InChI is InChI=1S/C13H12F14O4/c14-8(15,10(19,20)11(21,22)12(23,24)13(25,26)27)1-2-28-3-6-4-29-7(31-6)30-5-9(16,17)18/h6-7H,1-5H2. The van der Waals surface area contributed by atoms with Crippen molar-refractivity contribution in [2.24, 2.45) is 0 Å². The van der Waals surface area contributed by atoms with Crippen LogP contribution in [0.3, 0.4) is 0 Å². The third-order valence-corrected chi connectivity index (χ3v) is 3.57. The molecule has 0 aromatic rings. The van der Waals surface area contributed by atoms with Crippen LogP contribution in [0.4, 0.5) is 61.5 Å². The molecule has 0 aliphatic carbocycles. The highest BCUT2D eigenvalue weighted by Crippen LogP contribution is 2.57. The molecule has 31 heavy (non-hydrogen) atoms. The average molecular weight is 498 g/mol. The van der Waals surface area contributed by atoms with Gasteiger partial charge in [-0.1, -0.05) is 0 Å². The van der Waals surface area contributed by atoms with Crippen LogP contribution in [-0.4, -0.2) is 75.1 Å². The molecule has 1 fully saturated rings. The van der Waals surface area contributed by atoms with Gasteiger partial charge in [0.05, 0.1) is 19.8 Å². The van der Waals surface area contributed by atoms with E-state index in [1.165, 1.54) is 0 Å². The van der Waals surface area contributed by atoms with Gasteiger partial charge in [-0.25, -0.2) is 0 Å². The van der Waals surface area contributed by atoms with E-state index in [-0.39, 0.29) is 0 Å². The van der Waals surface area contributed by atoms with Crippen LogP contribution < -0.4 is 0 Å². The van der Waals surface area contributed by atoms with Crippen molar-refractivity contribution in [2.75, 3.05) is 26.4 Å². The highest BCUT2D eigenvalue weighted by Gasteiger charge is 2.86. The fourth-order valence-electron chi connectivity index (χ4n) is 1.94. The summed E-state index contributed by atoms with van der Waals surface area (Å²) in [6, 6.07) is 0. The van der Waals surface area contributed by atoms with E-state index in [0.717, 1.165) is 0 Å². The third-order valence-electron chi connectivity index (χ3n) is 3.57. The van der Waals surface area contributed by atoms with Crippen molar-refractivity contribution in [1.29, 1.82) is 0 Å². The van der Waals surface area contributed by atoms with Crippen LogP contribution in [0, 0.1) is 0 Å². The first-order valence-electron chi connectivity index (χ1n) is 7.77. The van der Waals surface area contributed by atoms with Crippen LogP contribution in [-0.2, 0) is 18.9 Å². The summed E-state index contributed by atoms with van der Waals surface area (Å²) in [6.45, 7) is -6.54. The van der Waals surface area contributed by atoms with Crippen molar-refractivity contribution in [1.82, 2.24) is 0 Å². The zero-order chi connectivity index (χ0) is 24.5. The SMILES string of the molecule is FC(F)(F)COC1OCC(COCCC(F)(F)C(F)(F)C(F)(F)C(F)(F)C(F)(F)F)O1. The van der Waals surface area contributed by atoms with Gasteiger partial charge in [0.1, 0.15) is 12.7 Å². The predicted molar refractivity (Wildman–Crippen MR) is 67.9 cm³/mol. The summed E-state index contributed by atoms with van der Waals surface area (Å²) in [6.07, 6.45) is -15.7. The van der Waals surface area contributed by atoms with Crippen LogP contribution in [0.1, 0.15) is 6.42 Å². The minimum Gasteiger partial charge on any atom is -0.378 e. The summed E-state index contributed by atoms with van der Waals surface area (Å²) in [4.78, 5) is 0. The van der Waals surface area contributed by atoms with Gasteiger partial charge >= 0.3 is 36.0 Å². The Bertz CT molecular complexity index is 588. The van der Waals surface area contributed by atoms with E-state index in [2.05, 4.69) is 18.9 Å². The van der Waals surface area contributed by atoms with E-state index in [9.17, 15) is 61.5 Å². The second-order valence-electron chi connectivity index (χ2n) is 6.06. The number of rotatable bonds is 10. The lowest BCUT2D eigenvalue weighted by atomic mass is 9.96. The Hall–Kier alpha value is -1.14. The molecule has 0 aromatic carbocycles. The molecule has 0 amide bonds. The Labute approximate surface area is 163 Å². The Kier molecular flexibility index (Phi) is 8.11. The number of alkyl halides is 14. The van der Waals surface area contributed by atoms with Gasteiger partial charge in [0.25, 0.3) is 6.48 Å². The van der Waals surface area contributed by atoms with Gasteiger partial charge in [0, 0.05) is 6.42 Å². The van der Waals surface area contributed by atoms with Gasteiger partial charge in [-0.15, -0.1) is 0 Å². The third kappa shape index (κ3) is 6.22. The monoisotopic (exact) mass is 498 g/mol. The summed E-state index contributed by atoms with van der Waals surface area (Å²) in [5.74, 6) is -28.2. The molecule has 2 atom stereocenters. The molecule has 0 aromatic heterocycles. The first-order valence-corrected chi connectivity index (χ1v) is 7.77. The predicted octanol–water partition coefficient (Wildman–Crippen LogP) is 4.77. The van der Waals surface area contributed by atoms with Crippen molar-refractivity contribution in [2.45, 2.75) is 55.0 Å². The number of ether oxygens (including phenoxy) is 4. The minimum atomic E-state index is -7.51. The molecule has 4 nitrogen and oxygen atoms in total. The average Bonchev–Trinajstić information content (AvgIpc) is 3.02. The Morgan fingerprint density at radius 1 is 0.742 bits per heavy atom. The lowest BCUT2D eigenvalue weighted by molar-refractivity contribution is -0.422. The Balaban J connectivity index is 2.59. The Morgan fingerprint density at radius 2 is 1.29 bits per heavy atom. The summed E-state index contributed by atoms with van der Waals surface area (Å²) < 4.78 is 194. The number of hydrogen-bond acceptors (Lipinski definition) is 4. The van der Waals surface area contributed by atoms with E-state index >= 15 is 0 Å². The number of hydrogen-bond donors (Lipinski definition) is 0. The molecule has 1 rings (SSSR count). The van der Waals surface area contributed by atoms with Gasteiger partial charge < -0.3 is 18.9 Å². The van der Waals surface area contributed by atoms with Crippen molar-refractivity contribution < 1.29 is 80.4 Å². The molecule has 18 heteroatoms. The molecule has 1 aliphatic heterocycles. The molecule has 0 saturated carbocycles. The maximum absolute atomic E-state index is 13.4. The number of halogens is 14. The smallest absolute Gasteiger partial charge is 0.378 e. The van der Waals surface area contributed by atoms with Crippen LogP contribution >= 0.6 is 0 Å². The van der Waals surface area contributed by atoms with Gasteiger partial charge in [0.2, 0.25) is 0 Å². The van der Waals surface area contributed by atoms with Crippen molar-refractivity contribution in [3.8, 4) is 0 Å². The van der Waals surface area contributed by atoms with Crippen LogP contribution in [0.5, 0.6) is 0 Å². The first kappa shape index (κ1) is 27.9. The fraction of sp³-hybridized carbons (Fsp3) is 1.00. The lowest BCUT2D eigenvalue weighted by Gasteiger charge is -2.37. The molecule has 0 bridgehead atoms. The molecule has 1 saturated heterocycles. The highest BCUT2D eigenvalue weighted by atomic mass is 19.4. The Morgan fingerprint density at radius 3 is 1.77 bits per heavy atom.